The molecule has 0 aromatic rings. The minimum Gasteiger partial charge on any atom is -0.448 e. The summed E-state index contributed by atoms with van der Waals surface area (Å²) < 4.78 is 10.7. The van der Waals surface area contributed by atoms with Crippen molar-refractivity contribution in [2.24, 2.45) is 16.7 Å². The molecule has 86 valence electrons. The molecule has 0 spiro atoms. The Morgan fingerprint density at radius 1 is 1.29 bits per heavy atom. The molecule has 6 nitrogen and oxygen atoms in total. The van der Waals surface area contributed by atoms with Gasteiger partial charge in [0.25, 0.3) is 0 Å². The zero-order valence-corrected chi connectivity index (χ0v) is 9.44. The maximum absolute atomic E-state index is 9.33. The molecule has 6 heteroatoms. The van der Waals surface area contributed by atoms with Crippen LogP contribution in [0.25, 0.3) is 0 Å². The lowest BCUT2D eigenvalue weighted by molar-refractivity contribution is -0.304. The van der Waals surface area contributed by atoms with Gasteiger partial charge < -0.3 is 9.47 Å². The van der Waals surface area contributed by atoms with Crippen molar-refractivity contribution in [3.63, 3.8) is 0 Å². The summed E-state index contributed by atoms with van der Waals surface area (Å²) in [6.45, 7) is 3.05. The van der Waals surface area contributed by atoms with Gasteiger partial charge in [0, 0.05) is 6.92 Å². The average molecular weight is 230 g/mol. The van der Waals surface area contributed by atoms with Crippen LogP contribution in [0.1, 0.15) is 13.8 Å². The largest absolute Gasteiger partial charge is 0.448 e. The second kappa shape index (κ2) is 2.97. The van der Waals surface area contributed by atoms with Gasteiger partial charge in [-0.05, 0) is 0 Å². The maximum Gasteiger partial charge on any atom is 0.214 e. The van der Waals surface area contributed by atoms with E-state index in [1.165, 1.54) is 0 Å². The van der Waals surface area contributed by atoms with Crippen molar-refractivity contribution in [1.29, 1.82) is 21.2 Å². The van der Waals surface area contributed by atoms with Crippen molar-refractivity contribution in [2.45, 2.75) is 19.6 Å². The van der Waals surface area contributed by atoms with E-state index in [-0.39, 0.29) is 12.5 Å². The number of ether oxygens (including phenoxy) is 2. The maximum atomic E-state index is 9.33. The van der Waals surface area contributed by atoms with E-state index in [0.29, 0.717) is 0 Å². The van der Waals surface area contributed by atoms with Crippen LogP contribution in [0.4, 0.5) is 0 Å². The fraction of sp³-hybridized carbons (Fsp3) is 0.636. The van der Waals surface area contributed by atoms with Gasteiger partial charge in [0.2, 0.25) is 11.7 Å². The second-order valence-corrected chi connectivity index (χ2v) is 4.51. The fourth-order valence-corrected chi connectivity index (χ4v) is 2.49. The molecule has 2 bridgehead atoms. The molecule has 0 amide bonds. The van der Waals surface area contributed by atoms with Gasteiger partial charge in [-0.2, -0.15) is 15.8 Å². The van der Waals surface area contributed by atoms with Crippen molar-refractivity contribution in [3.8, 4) is 18.2 Å². The molecule has 3 rings (SSSR count). The number of hydrogen-bond donors (Lipinski definition) is 1. The highest BCUT2D eigenvalue weighted by Crippen LogP contribution is 2.58. The zero-order chi connectivity index (χ0) is 12.9. The lowest BCUT2D eigenvalue weighted by Crippen LogP contribution is -2.70. The van der Waals surface area contributed by atoms with Crippen LogP contribution < -0.4 is 0 Å². The molecule has 0 radical (unpaired) electrons. The smallest absolute Gasteiger partial charge is 0.214 e. The summed E-state index contributed by atoms with van der Waals surface area (Å²) in [5.74, 6) is -2.16. The zero-order valence-electron chi connectivity index (χ0n) is 9.44. The Labute approximate surface area is 98.5 Å². The first-order valence-electron chi connectivity index (χ1n) is 5.08. The molecule has 1 N–H and O–H groups in total. The van der Waals surface area contributed by atoms with Crippen LogP contribution in [0.5, 0.6) is 0 Å². The van der Waals surface area contributed by atoms with Crippen molar-refractivity contribution >= 4 is 5.90 Å². The van der Waals surface area contributed by atoms with E-state index in [1.807, 2.05) is 18.2 Å². The van der Waals surface area contributed by atoms with Crippen molar-refractivity contribution in [2.75, 3.05) is 6.61 Å². The van der Waals surface area contributed by atoms with E-state index in [9.17, 15) is 15.8 Å². The highest BCUT2D eigenvalue weighted by Gasteiger charge is 2.74. The highest BCUT2D eigenvalue weighted by atomic mass is 16.7. The molecule has 0 aromatic heterocycles. The Balaban J connectivity index is 2.75. The number of nitrogens with one attached hydrogen (secondary N) is 1. The Hall–Kier alpha value is -2.10. The van der Waals surface area contributed by atoms with E-state index in [2.05, 4.69) is 0 Å². The SMILES string of the molecule is C[C@@H]1C(C#N)(C#N)[C@@]2(C#N)CO[C@@]1(C)OC2=N. The minimum atomic E-state index is -1.63. The van der Waals surface area contributed by atoms with Gasteiger partial charge >= 0.3 is 0 Å². The molecule has 0 unspecified atom stereocenters. The number of hydrogen-bond acceptors (Lipinski definition) is 6. The summed E-state index contributed by atoms with van der Waals surface area (Å²) in [5.41, 5.74) is -3.24. The summed E-state index contributed by atoms with van der Waals surface area (Å²) in [6, 6.07) is 5.70. The van der Waals surface area contributed by atoms with Crippen LogP contribution in [0, 0.1) is 56.2 Å². The first-order valence-corrected chi connectivity index (χ1v) is 5.08. The third-order valence-corrected chi connectivity index (χ3v) is 3.92. The van der Waals surface area contributed by atoms with Crippen molar-refractivity contribution in [1.82, 2.24) is 0 Å². The molecule has 3 aliphatic rings. The molecule has 3 fully saturated rings. The summed E-state index contributed by atoms with van der Waals surface area (Å²) in [5, 5.41) is 35.7. The van der Waals surface area contributed by atoms with Crippen LogP contribution in [-0.2, 0) is 9.47 Å². The summed E-state index contributed by atoms with van der Waals surface area (Å²) in [7, 11) is 0. The standard InChI is InChI=1S/C11H10N4O2/c1-7-9(2)16-6-11(5-14,8(15)17-9)10(7,3-12)4-13/h7,15H,6H2,1-2H3/t7-,9-,11-/m0/s1. The molecule has 3 atom stereocenters. The Kier molecular flexibility index (Phi) is 1.99. The van der Waals surface area contributed by atoms with Crippen LogP contribution in [0.2, 0.25) is 0 Å². The van der Waals surface area contributed by atoms with Gasteiger partial charge in [0.05, 0.1) is 30.7 Å². The Morgan fingerprint density at radius 3 is 2.29 bits per heavy atom. The molecule has 3 aliphatic heterocycles. The monoisotopic (exact) mass is 230 g/mol. The predicted molar refractivity (Wildman–Crippen MR) is 54.0 cm³/mol. The van der Waals surface area contributed by atoms with Crippen LogP contribution in [0.3, 0.4) is 0 Å². The predicted octanol–water partition coefficient (Wildman–Crippen LogP) is 0.920. The number of rotatable bonds is 0. The first kappa shape index (κ1) is 11.4. The van der Waals surface area contributed by atoms with Gasteiger partial charge in [-0.25, -0.2) is 0 Å². The van der Waals surface area contributed by atoms with E-state index in [4.69, 9.17) is 14.9 Å². The van der Waals surface area contributed by atoms with Crippen LogP contribution in [-0.4, -0.2) is 18.3 Å². The summed E-state index contributed by atoms with van der Waals surface area (Å²) in [4.78, 5) is 0. The van der Waals surface area contributed by atoms with E-state index in [0.717, 1.165) is 0 Å². The lowest BCUT2D eigenvalue weighted by atomic mass is 9.54. The van der Waals surface area contributed by atoms with Crippen molar-refractivity contribution in [3.05, 3.63) is 0 Å². The van der Waals surface area contributed by atoms with Gasteiger partial charge in [0.1, 0.15) is 0 Å². The van der Waals surface area contributed by atoms with Gasteiger partial charge in [-0.3, -0.25) is 5.41 Å². The Bertz CT molecular complexity index is 509. The van der Waals surface area contributed by atoms with Gasteiger partial charge in [-0.1, -0.05) is 6.92 Å². The first-order chi connectivity index (χ1) is 7.92. The van der Waals surface area contributed by atoms with Crippen LogP contribution in [0.15, 0.2) is 0 Å². The quantitative estimate of drug-likeness (QED) is 0.664. The van der Waals surface area contributed by atoms with Gasteiger partial charge in [-0.15, -0.1) is 0 Å². The third-order valence-electron chi connectivity index (χ3n) is 3.92. The van der Waals surface area contributed by atoms with Crippen LogP contribution >= 0.6 is 0 Å². The van der Waals surface area contributed by atoms with E-state index in [1.54, 1.807) is 13.8 Å². The molecule has 3 saturated heterocycles. The molecule has 0 aromatic carbocycles. The summed E-state index contributed by atoms with van der Waals surface area (Å²) >= 11 is 0. The summed E-state index contributed by atoms with van der Waals surface area (Å²) in [6.07, 6.45) is 0. The Morgan fingerprint density at radius 2 is 1.88 bits per heavy atom. The number of nitrogens with zero attached hydrogens (tertiary/aromatic N) is 3. The van der Waals surface area contributed by atoms with Gasteiger partial charge in [0.15, 0.2) is 10.8 Å². The third kappa shape index (κ3) is 0.934. The molecule has 17 heavy (non-hydrogen) atoms. The second-order valence-electron chi connectivity index (χ2n) is 4.51. The van der Waals surface area contributed by atoms with E-state index < -0.39 is 22.5 Å². The van der Waals surface area contributed by atoms with E-state index >= 15 is 0 Å². The molecular formula is C11H10N4O2. The van der Waals surface area contributed by atoms with Crippen molar-refractivity contribution < 1.29 is 9.47 Å². The molecule has 0 saturated carbocycles. The molecule has 0 aliphatic carbocycles. The normalized spacial score (nSPS) is 41.8. The topological polar surface area (TPSA) is 114 Å². The number of fused-ring (bicyclic) bond motifs is 3. The number of nitriles is 3. The highest BCUT2D eigenvalue weighted by molar-refractivity contribution is 5.87. The molecular weight excluding hydrogens is 220 g/mol. The average Bonchev–Trinajstić information content (AvgIpc) is 2.32. The minimum absolute atomic E-state index is 0.162. The molecule has 3 heterocycles. The fourth-order valence-electron chi connectivity index (χ4n) is 2.49. The lowest BCUT2D eigenvalue weighted by Gasteiger charge is -2.57.